The van der Waals surface area contributed by atoms with Gasteiger partial charge in [-0.2, -0.15) is 0 Å². The second-order valence-electron chi connectivity index (χ2n) is 9.09. The van der Waals surface area contributed by atoms with E-state index in [1.165, 1.54) is 16.8 Å². The molecule has 34 heavy (non-hydrogen) atoms. The van der Waals surface area contributed by atoms with E-state index in [4.69, 9.17) is 27.1 Å². The lowest BCUT2D eigenvalue weighted by Gasteiger charge is -2.15. The molecule has 1 aromatic heterocycles. The third kappa shape index (κ3) is 5.65. The maximum absolute atomic E-state index is 12.2. The summed E-state index contributed by atoms with van der Waals surface area (Å²) in [5.41, 5.74) is 13.3. The number of nitrogens with two attached hydrogens (primary N) is 1. The van der Waals surface area contributed by atoms with Crippen molar-refractivity contribution in [2.75, 3.05) is 0 Å². The predicted octanol–water partition coefficient (Wildman–Crippen LogP) is 5.08. The zero-order valence-electron chi connectivity index (χ0n) is 19.5. The van der Waals surface area contributed by atoms with Gasteiger partial charge in [0.2, 0.25) is 5.91 Å². The molecule has 1 heterocycles. The molecule has 1 amide bonds. The van der Waals surface area contributed by atoms with Crippen LogP contribution in [-0.2, 0) is 40.0 Å². The summed E-state index contributed by atoms with van der Waals surface area (Å²) in [5.74, 6) is -2.24. The van der Waals surface area contributed by atoms with Gasteiger partial charge < -0.3 is 10.5 Å². The molecule has 176 valence electrons. The van der Waals surface area contributed by atoms with Crippen LogP contribution in [0.4, 0.5) is 0 Å². The number of primary amides is 1. The Morgan fingerprint density at radius 2 is 1.79 bits per heavy atom. The molecule has 5 nitrogen and oxygen atoms in total. The van der Waals surface area contributed by atoms with E-state index in [1.807, 2.05) is 48.5 Å². The molecule has 2 aromatic carbocycles. The van der Waals surface area contributed by atoms with Gasteiger partial charge in [0.1, 0.15) is 5.92 Å². The van der Waals surface area contributed by atoms with E-state index in [0.29, 0.717) is 5.02 Å². The molecular formula is C28H29ClN2O3. The lowest BCUT2D eigenvalue weighted by molar-refractivity contribution is -0.155. The average molecular weight is 477 g/mol. The monoisotopic (exact) mass is 476 g/mol. The molecule has 0 spiro atoms. The normalized spacial score (nSPS) is 13.5. The Morgan fingerprint density at radius 3 is 2.47 bits per heavy atom. The number of halogens is 1. The van der Waals surface area contributed by atoms with Crippen molar-refractivity contribution in [1.82, 2.24) is 4.98 Å². The molecule has 6 heteroatoms. The van der Waals surface area contributed by atoms with Crippen molar-refractivity contribution >= 4 is 23.5 Å². The van der Waals surface area contributed by atoms with E-state index in [9.17, 15) is 9.59 Å². The second kappa shape index (κ2) is 10.4. The van der Waals surface area contributed by atoms with Crippen LogP contribution >= 0.6 is 11.6 Å². The van der Waals surface area contributed by atoms with Gasteiger partial charge in [0.15, 0.2) is 0 Å². The van der Waals surface area contributed by atoms with Crippen LogP contribution in [0.5, 0.6) is 0 Å². The number of hydrogen-bond acceptors (Lipinski definition) is 4. The van der Waals surface area contributed by atoms with Crippen LogP contribution in [0.2, 0.25) is 5.02 Å². The molecule has 0 bridgehead atoms. The highest BCUT2D eigenvalue weighted by atomic mass is 35.5. The fraction of sp³-hybridized carbons (Fsp3) is 0.321. The van der Waals surface area contributed by atoms with E-state index < -0.39 is 17.8 Å². The van der Waals surface area contributed by atoms with Crippen LogP contribution in [0.25, 0.3) is 11.3 Å². The molecule has 1 aliphatic rings. The molecule has 0 radical (unpaired) electrons. The number of hydrogen-bond donors (Lipinski definition) is 1. The number of aromatic nitrogens is 1. The van der Waals surface area contributed by atoms with Gasteiger partial charge in [-0.3, -0.25) is 14.6 Å². The number of ether oxygens (including phenoxy) is 1. The summed E-state index contributed by atoms with van der Waals surface area (Å²) in [6, 6.07) is 18.0. The maximum Gasteiger partial charge on any atom is 0.319 e. The molecule has 1 unspecified atom stereocenters. The maximum atomic E-state index is 12.2. The first-order valence-corrected chi connectivity index (χ1v) is 12.0. The largest absolute Gasteiger partial charge is 0.462 e. The third-order valence-corrected chi connectivity index (χ3v) is 6.34. The number of fused-ring (bicyclic) bond motifs is 1. The minimum absolute atomic E-state index is 0.227. The molecule has 4 rings (SSSR count). The molecular weight excluding hydrogens is 448 g/mol. The second-order valence-corrected chi connectivity index (χ2v) is 9.53. The van der Waals surface area contributed by atoms with Crippen molar-refractivity contribution in [3.63, 3.8) is 0 Å². The number of carbonyl (C=O) groups excluding carboxylic acids is 2. The number of benzene rings is 2. The molecule has 0 aliphatic heterocycles. The van der Waals surface area contributed by atoms with Crippen molar-refractivity contribution in [1.29, 1.82) is 0 Å². The van der Waals surface area contributed by atoms with Crippen molar-refractivity contribution in [3.05, 3.63) is 87.6 Å². The highest BCUT2D eigenvalue weighted by Gasteiger charge is 2.27. The first-order valence-electron chi connectivity index (χ1n) is 11.7. The molecule has 1 aliphatic carbocycles. The lowest BCUT2D eigenvalue weighted by Crippen LogP contribution is -2.34. The van der Waals surface area contributed by atoms with E-state index >= 15 is 0 Å². The highest BCUT2D eigenvalue weighted by Crippen LogP contribution is 2.31. The standard InChI is InChI=1S/C28H29ClN2O3/c1-17(2)34-28(33)24(27(30)32)14-19-11-9-18(10-12-19)13-21-16-26(20-5-3-6-22(29)15-20)31-25-8-4-7-23(21)25/h3,5-6,9-12,15-17,24H,4,7-8,13-14H2,1-2H3,(H2,30,32). The Hall–Kier alpha value is -3.18. The Labute approximate surface area is 205 Å². The number of rotatable bonds is 8. The molecule has 0 saturated carbocycles. The van der Waals surface area contributed by atoms with Gasteiger partial charge in [-0.25, -0.2) is 0 Å². The first-order chi connectivity index (χ1) is 16.3. The number of carbonyl (C=O) groups is 2. The lowest BCUT2D eigenvalue weighted by atomic mass is 9.94. The molecule has 1 atom stereocenters. The Kier molecular flexibility index (Phi) is 7.32. The number of nitrogens with zero attached hydrogens (tertiary/aromatic N) is 1. The molecule has 0 saturated heterocycles. The van der Waals surface area contributed by atoms with E-state index in [0.717, 1.165) is 48.1 Å². The Morgan fingerprint density at radius 1 is 1.06 bits per heavy atom. The van der Waals surface area contributed by atoms with Crippen molar-refractivity contribution in [2.45, 2.75) is 52.1 Å². The topological polar surface area (TPSA) is 82.3 Å². The third-order valence-electron chi connectivity index (χ3n) is 6.10. The molecule has 2 N–H and O–H groups in total. The van der Waals surface area contributed by atoms with Crippen LogP contribution in [0.3, 0.4) is 0 Å². The highest BCUT2D eigenvalue weighted by molar-refractivity contribution is 6.30. The summed E-state index contributed by atoms with van der Waals surface area (Å²) < 4.78 is 5.19. The number of amides is 1. The minimum atomic E-state index is -0.989. The van der Waals surface area contributed by atoms with Crippen molar-refractivity contribution in [3.8, 4) is 11.3 Å². The van der Waals surface area contributed by atoms with Crippen LogP contribution in [-0.4, -0.2) is 23.0 Å². The number of pyridine rings is 1. The molecule has 0 fully saturated rings. The van der Waals surface area contributed by atoms with Crippen molar-refractivity contribution < 1.29 is 14.3 Å². The summed E-state index contributed by atoms with van der Waals surface area (Å²) in [4.78, 5) is 29.0. The van der Waals surface area contributed by atoms with E-state index in [2.05, 4.69) is 6.07 Å². The van der Waals surface area contributed by atoms with Crippen LogP contribution < -0.4 is 5.73 Å². The average Bonchev–Trinajstić information content (AvgIpc) is 3.27. The number of aryl methyl sites for hydroxylation is 1. The van der Waals surface area contributed by atoms with Crippen LogP contribution in [0.1, 0.15) is 48.2 Å². The SMILES string of the molecule is CC(C)OC(=O)C(Cc1ccc(Cc2cc(-c3cccc(Cl)c3)nc3c2CCC3)cc1)C(N)=O. The summed E-state index contributed by atoms with van der Waals surface area (Å²) in [6.45, 7) is 3.50. The number of esters is 1. The van der Waals surface area contributed by atoms with Crippen molar-refractivity contribution in [2.24, 2.45) is 11.7 Å². The summed E-state index contributed by atoms with van der Waals surface area (Å²) in [6.07, 6.45) is 3.88. The van der Waals surface area contributed by atoms with Gasteiger partial charge in [-0.1, -0.05) is 48.0 Å². The van der Waals surface area contributed by atoms with Gasteiger partial charge in [0.25, 0.3) is 0 Å². The Balaban J connectivity index is 1.54. The summed E-state index contributed by atoms with van der Waals surface area (Å²) in [7, 11) is 0. The van der Waals surface area contributed by atoms with Crippen LogP contribution in [0, 0.1) is 5.92 Å². The van der Waals surface area contributed by atoms with Gasteiger partial charge in [0.05, 0.1) is 11.8 Å². The van der Waals surface area contributed by atoms with Gasteiger partial charge in [-0.15, -0.1) is 0 Å². The zero-order chi connectivity index (χ0) is 24.2. The van der Waals surface area contributed by atoms with E-state index in [-0.39, 0.29) is 12.5 Å². The fourth-order valence-electron chi connectivity index (χ4n) is 4.44. The quantitative estimate of drug-likeness (QED) is 0.363. The predicted molar refractivity (Wildman–Crippen MR) is 134 cm³/mol. The smallest absolute Gasteiger partial charge is 0.319 e. The van der Waals surface area contributed by atoms with Crippen LogP contribution in [0.15, 0.2) is 54.6 Å². The van der Waals surface area contributed by atoms with E-state index in [1.54, 1.807) is 13.8 Å². The van der Waals surface area contributed by atoms with Gasteiger partial charge in [0, 0.05) is 16.3 Å². The van der Waals surface area contributed by atoms with Gasteiger partial charge >= 0.3 is 5.97 Å². The minimum Gasteiger partial charge on any atom is -0.462 e. The molecule has 3 aromatic rings. The van der Waals surface area contributed by atoms with Gasteiger partial charge in [-0.05, 0) is 86.4 Å². The summed E-state index contributed by atoms with van der Waals surface area (Å²) in [5, 5.41) is 0.698. The zero-order valence-corrected chi connectivity index (χ0v) is 20.3. The first kappa shape index (κ1) is 24.0. The summed E-state index contributed by atoms with van der Waals surface area (Å²) >= 11 is 6.21. The fourth-order valence-corrected chi connectivity index (χ4v) is 4.63. The Bertz CT molecular complexity index is 1200.